The first-order chi connectivity index (χ1) is 24.8. The lowest BCUT2D eigenvalue weighted by atomic mass is 9.49. The van der Waals surface area contributed by atoms with Crippen molar-refractivity contribution in [3.63, 3.8) is 0 Å². The minimum atomic E-state index is -5.93. The van der Waals surface area contributed by atoms with E-state index in [1.54, 1.807) is 48.5 Å². The number of ether oxygens (including phenoxy) is 3. The van der Waals surface area contributed by atoms with Gasteiger partial charge in [-0.05, 0) is 85.8 Å². The number of aliphatic hydroxyl groups is 2. The molecule has 1 amide bonds. The maximum absolute atomic E-state index is 15.4. The van der Waals surface area contributed by atoms with Crippen LogP contribution < -0.4 is 5.32 Å². The summed E-state index contributed by atoms with van der Waals surface area (Å²) in [6.45, 7) is 6.23. The minimum Gasteiger partial charge on any atom is -0.436 e. The third-order valence-electron chi connectivity index (χ3n) is 12.7. The Labute approximate surface area is 306 Å². The first-order valence-corrected chi connectivity index (χ1v) is 18.3. The predicted octanol–water partition coefficient (Wildman–Crippen LogP) is 8.51. The van der Waals surface area contributed by atoms with Crippen LogP contribution in [0.3, 0.4) is 0 Å². The van der Waals surface area contributed by atoms with Crippen molar-refractivity contribution in [1.29, 1.82) is 0 Å². The average Bonchev–Trinajstić information content (AvgIpc) is 3.38. The molecule has 3 N–H and O–H groups in total. The van der Waals surface area contributed by atoms with E-state index < -0.39 is 64.8 Å². The Morgan fingerprint density at radius 3 is 2.28 bits per heavy atom. The number of hydrogen-bond donors (Lipinski definition) is 3. The number of benzene rings is 2. The number of para-hydroxylation sites is 1. The van der Waals surface area contributed by atoms with E-state index in [-0.39, 0.29) is 37.7 Å². The van der Waals surface area contributed by atoms with Crippen molar-refractivity contribution in [2.45, 2.75) is 107 Å². The van der Waals surface area contributed by atoms with Gasteiger partial charge in [0.05, 0.1) is 18.8 Å². The van der Waals surface area contributed by atoms with Gasteiger partial charge in [-0.2, -0.15) is 22.0 Å². The van der Waals surface area contributed by atoms with E-state index in [0.717, 1.165) is 11.1 Å². The van der Waals surface area contributed by atoms with Crippen molar-refractivity contribution in [3.05, 3.63) is 76.9 Å². The molecule has 7 nitrogen and oxygen atoms in total. The van der Waals surface area contributed by atoms with E-state index in [1.165, 1.54) is 6.92 Å². The van der Waals surface area contributed by atoms with Gasteiger partial charge < -0.3 is 24.4 Å². The second kappa shape index (κ2) is 13.1. The monoisotopic (exact) mass is 743 g/mol. The van der Waals surface area contributed by atoms with Gasteiger partial charge in [-0.15, -0.1) is 0 Å². The van der Waals surface area contributed by atoms with E-state index in [0.29, 0.717) is 49.3 Å². The molecule has 5 aliphatic rings. The molecule has 1 aliphatic heterocycles. The summed E-state index contributed by atoms with van der Waals surface area (Å²) in [6.07, 6.45) is -5.69. The molecule has 0 radical (unpaired) electrons. The van der Waals surface area contributed by atoms with Crippen LogP contribution in [0.5, 0.6) is 0 Å². The molecule has 4 fully saturated rings. The summed E-state index contributed by atoms with van der Waals surface area (Å²) in [5, 5.41) is 26.6. The zero-order valence-electron chi connectivity index (χ0n) is 30.1. The number of rotatable bonds is 4. The number of amides is 1. The smallest absolute Gasteiger partial charge is 0.436 e. The molecule has 2 aromatic rings. The molecule has 286 valence electrons. The molecular weight excluding hydrogens is 697 g/mol. The second-order valence-electron chi connectivity index (χ2n) is 16.7. The summed E-state index contributed by atoms with van der Waals surface area (Å²) in [6, 6.07) is 15.8. The Balaban J connectivity index is 1.20. The highest BCUT2D eigenvalue weighted by Crippen LogP contribution is 2.71. The molecule has 4 aliphatic carbocycles. The fourth-order valence-corrected chi connectivity index (χ4v) is 10.0. The van der Waals surface area contributed by atoms with Crippen LogP contribution in [-0.2, 0) is 14.2 Å². The van der Waals surface area contributed by atoms with E-state index >= 15 is 8.78 Å². The zero-order chi connectivity index (χ0) is 38.1. The molecule has 3 unspecified atom stereocenters. The van der Waals surface area contributed by atoms with Gasteiger partial charge in [0.25, 0.3) is 0 Å². The highest BCUT2D eigenvalue weighted by atomic mass is 19.4. The number of halogens is 5. The molecule has 3 saturated carbocycles. The van der Waals surface area contributed by atoms with Gasteiger partial charge in [0.2, 0.25) is 0 Å². The maximum atomic E-state index is 15.4. The van der Waals surface area contributed by atoms with Crippen LogP contribution in [0.4, 0.5) is 32.4 Å². The molecule has 7 rings (SSSR count). The van der Waals surface area contributed by atoms with Crippen molar-refractivity contribution in [2.24, 2.45) is 22.7 Å². The van der Waals surface area contributed by atoms with E-state index in [2.05, 4.69) is 17.2 Å². The number of carbonyl (C=O) groups excluding carboxylic acids is 1. The zero-order valence-corrected chi connectivity index (χ0v) is 30.1. The second-order valence-corrected chi connectivity index (χ2v) is 16.7. The molecule has 12 heteroatoms. The fraction of sp³-hybridized carbons (Fsp3) is 0.585. The summed E-state index contributed by atoms with van der Waals surface area (Å²) in [7, 11) is 0. The van der Waals surface area contributed by atoms with Gasteiger partial charge in [-0.1, -0.05) is 68.5 Å². The molecule has 1 saturated heterocycles. The van der Waals surface area contributed by atoms with Gasteiger partial charge >= 0.3 is 18.2 Å². The van der Waals surface area contributed by atoms with Crippen molar-refractivity contribution in [1.82, 2.24) is 0 Å². The van der Waals surface area contributed by atoms with Crippen LogP contribution in [0.1, 0.15) is 89.2 Å². The third kappa shape index (κ3) is 6.45. The van der Waals surface area contributed by atoms with Crippen LogP contribution in [-0.4, -0.2) is 65.2 Å². The Morgan fingerprint density at radius 2 is 1.62 bits per heavy atom. The number of hydrogen-bond acceptors (Lipinski definition) is 6. The first kappa shape index (κ1) is 37.8. The van der Waals surface area contributed by atoms with Gasteiger partial charge in [0.15, 0.2) is 12.4 Å². The fourth-order valence-electron chi connectivity index (χ4n) is 10.0. The van der Waals surface area contributed by atoms with Gasteiger partial charge in [-0.25, -0.2) is 4.79 Å². The predicted molar refractivity (Wildman–Crippen MR) is 186 cm³/mol. The maximum Gasteiger partial charge on any atom is 0.456 e. The highest BCUT2D eigenvalue weighted by molar-refractivity contribution is 5.84. The SMILES string of the molecule is CC1(C)COC2(CCC3=C4C(CCC3(O)C2)C2CC[C@@](O)(C(F)(F)C(F)(F)F)[C@@]2(C)C[C@@H]4c2ccc(C#CCOC(=O)Nc3ccccc3)cc2)OC1. The Bertz CT molecular complexity index is 1810. The summed E-state index contributed by atoms with van der Waals surface area (Å²) in [5.41, 5.74) is -3.09. The topological polar surface area (TPSA) is 97.3 Å². The molecule has 53 heavy (non-hydrogen) atoms. The van der Waals surface area contributed by atoms with Crippen LogP contribution in [0.2, 0.25) is 0 Å². The van der Waals surface area contributed by atoms with Crippen molar-refractivity contribution < 1.29 is 51.2 Å². The normalized spacial score (nSPS) is 33.2. The lowest BCUT2D eigenvalue weighted by Crippen LogP contribution is -2.65. The van der Waals surface area contributed by atoms with Crippen LogP contribution in [0.25, 0.3) is 0 Å². The minimum absolute atomic E-state index is 0.0104. The van der Waals surface area contributed by atoms with Crippen molar-refractivity contribution in [3.8, 4) is 11.8 Å². The summed E-state index contributed by atoms with van der Waals surface area (Å²) < 4.78 is 90.6. The Morgan fingerprint density at radius 1 is 0.943 bits per heavy atom. The number of carbonyl (C=O) groups is 1. The van der Waals surface area contributed by atoms with E-state index in [1.807, 2.05) is 19.9 Å². The molecular formula is C41H46F5NO6. The molecule has 1 spiro atoms. The summed E-state index contributed by atoms with van der Waals surface area (Å²) in [4.78, 5) is 12.1. The van der Waals surface area contributed by atoms with Gasteiger partial charge in [0, 0.05) is 40.8 Å². The standard InChI is InChI=1S/C41H46F5NO6/c1-35(2)24-52-38(53-25-35)19-16-32-33-29(15-18-37(32,49)23-38)31-17-20-39(50,40(42,43)41(44,45)46)36(31,3)22-30(33)27-13-11-26(12-14-27)8-7-21-51-34(48)47-28-9-5-4-6-10-28/h4-6,9-14,29-31,49-50H,15-25H2,1-3H3,(H,47,48)/t29?,30-,31?,36+,37?,39+/m1/s1. The largest absolute Gasteiger partial charge is 0.456 e. The lowest BCUT2D eigenvalue weighted by Gasteiger charge is -2.59. The lowest BCUT2D eigenvalue weighted by molar-refractivity contribution is -0.362. The number of alkyl halides is 5. The molecule has 0 bridgehead atoms. The average molecular weight is 744 g/mol. The first-order valence-electron chi connectivity index (χ1n) is 18.3. The number of fused-ring (bicyclic) bond motifs is 4. The van der Waals surface area contributed by atoms with Crippen LogP contribution in [0.15, 0.2) is 65.7 Å². The third-order valence-corrected chi connectivity index (χ3v) is 12.7. The Hall–Kier alpha value is -3.50. The number of anilines is 1. The number of nitrogens with one attached hydrogen (secondary N) is 1. The Kier molecular flexibility index (Phi) is 9.32. The molecule has 2 aromatic carbocycles. The quantitative estimate of drug-likeness (QED) is 0.165. The molecule has 0 aromatic heterocycles. The van der Waals surface area contributed by atoms with Gasteiger partial charge in [-0.3, -0.25) is 5.32 Å². The summed E-state index contributed by atoms with van der Waals surface area (Å²) >= 11 is 0. The van der Waals surface area contributed by atoms with Gasteiger partial charge in [0.1, 0.15) is 5.60 Å². The highest BCUT2D eigenvalue weighted by Gasteiger charge is 2.79. The van der Waals surface area contributed by atoms with Crippen molar-refractivity contribution in [2.75, 3.05) is 25.1 Å². The van der Waals surface area contributed by atoms with Crippen molar-refractivity contribution >= 4 is 11.8 Å². The van der Waals surface area contributed by atoms with E-state index in [4.69, 9.17) is 14.2 Å². The van der Waals surface area contributed by atoms with Crippen LogP contribution >= 0.6 is 0 Å². The van der Waals surface area contributed by atoms with Crippen LogP contribution in [0, 0.1) is 34.5 Å². The molecule has 6 atom stereocenters. The van der Waals surface area contributed by atoms with E-state index in [9.17, 15) is 28.2 Å². The molecule has 1 heterocycles. The number of allylic oxidation sites excluding steroid dienone is 1. The summed E-state index contributed by atoms with van der Waals surface area (Å²) in [5.74, 6) is -2.26.